The zero-order valence-electron chi connectivity index (χ0n) is 24.8. The molecule has 0 radical (unpaired) electrons. The van der Waals surface area contributed by atoms with Gasteiger partial charge in [0.1, 0.15) is 11.2 Å². The van der Waals surface area contributed by atoms with Crippen molar-refractivity contribution in [3.8, 4) is 0 Å². The Kier molecular flexibility index (Phi) is 7.10. The molecule has 0 amide bonds. The Labute approximate surface area is 244 Å². The highest BCUT2D eigenvalue weighted by atomic mass is 19.4. The molecule has 42 heavy (non-hydrogen) atoms. The Balaban J connectivity index is 1.23. The molecule has 10 heteroatoms. The molecular weight excluding hydrogens is 562 g/mol. The topological polar surface area (TPSA) is 52.6 Å². The lowest BCUT2D eigenvalue weighted by Crippen LogP contribution is -2.60. The molecule has 0 saturated heterocycles. The van der Waals surface area contributed by atoms with Crippen molar-refractivity contribution in [3.05, 3.63) is 0 Å². The van der Waals surface area contributed by atoms with Gasteiger partial charge in [-0.05, 0) is 145 Å². The van der Waals surface area contributed by atoms with E-state index in [0.717, 1.165) is 58.3 Å². The Morgan fingerprint density at radius 1 is 0.667 bits per heavy atom. The van der Waals surface area contributed by atoms with Crippen molar-refractivity contribution >= 4 is 11.9 Å². The average Bonchev–Trinajstić information content (AvgIpc) is 2.84. The second-order valence-electron chi connectivity index (χ2n) is 15.6. The number of esters is 2. The van der Waals surface area contributed by atoms with E-state index >= 15 is 0 Å². The lowest BCUT2D eigenvalue weighted by atomic mass is 9.50. The molecule has 0 spiro atoms. The highest BCUT2D eigenvalue weighted by molar-refractivity contribution is 5.80. The molecule has 2 atom stereocenters. The lowest BCUT2D eigenvalue weighted by Gasteiger charge is -2.59. The predicted molar refractivity (Wildman–Crippen MR) is 141 cm³/mol. The Bertz CT molecular complexity index is 1030. The monoisotopic (exact) mass is 606 g/mol. The third-order valence-electron chi connectivity index (χ3n) is 13.0. The van der Waals surface area contributed by atoms with Gasteiger partial charge in [-0.1, -0.05) is 6.92 Å². The number of carbonyl (C=O) groups is 2. The number of rotatable bonds is 8. The molecular formula is C32H44F6O4. The van der Waals surface area contributed by atoms with Crippen molar-refractivity contribution in [2.75, 3.05) is 0 Å². The number of carbonyl (C=O) groups excluding carboxylic acids is 2. The van der Waals surface area contributed by atoms with Crippen LogP contribution in [0.15, 0.2) is 0 Å². The molecule has 0 N–H and O–H groups in total. The summed E-state index contributed by atoms with van der Waals surface area (Å²) in [6.07, 6.45) is -4.72. The first-order valence-corrected chi connectivity index (χ1v) is 16.0. The molecule has 8 aliphatic carbocycles. The van der Waals surface area contributed by atoms with Gasteiger partial charge in [0, 0.05) is 0 Å². The molecule has 0 heterocycles. The van der Waals surface area contributed by atoms with Gasteiger partial charge in [0.15, 0.2) is 10.8 Å². The molecule has 2 unspecified atom stereocenters. The Morgan fingerprint density at radius 3 is 1.52 bits per heavy atom. The van der Waals surface area contributed by atoms with Gasteiger partial charge in [-0.15, -0.1) is 0 Å². The van der Waals surface area contributed by atoms with Gasteiger partial charge in [0.2, 0.25) is 0 Å². The summed E-state index contributed by atoms with van der Waals surface area (Å²) in [6.45, 7) is 3.52. The highest BCUT2D eigenvalue weighted by Gasteiger charge is 2.67. The van der Waals surface area contributed by atoms with Crippen molar-refractivity contribution < 1.29 is 45.4 Å². The maximum Gasteiger partial charge on any atom is 0.404 e. The summed E-state index contributed by atoms with van der Waals surface area (Å²) >= 11 is 0. The summed E-state index contributed by atoms with van der Waals surface area (Å²) in [5.41, 5.74) is -8.38. The standard InChI is InChI=1S/C32H44F6O4/c1-4-30(32(36,37)38,26(40)41-28(3)23-11-18-7-19(13-23)14-24(28)12-18)6-5-27(2,31(33,34)35)25(39)42-29-15-20-8-21(16-29)10-22(9-20)17-29/h18-24H,4-17H2,1-3H3. The van der Waals surface area contributed by atoms with E-state index in [-0.39, 0.29) is 11.8 Å². The van der Waals surface area contributed by atoms with Crippen LogP contribution >= 0.6 is 0 Å². The number of hydrogen-bond acceptors (Lipinski definition) is 4. The lowest BCUT2D eigenvalue weighted by molar-refractivity contribution is -0.269. The summed E-state index contributed by atoms with van der Waals surface area (Å²) in [5.74, 6) is -1.22. The van der Waals surface area contributed by atoms with Crippen LogP contribution in [0.1, 0.15) is 111 Å². The first kappa shape index (κ1) is 30.5. The maximum atomic E-state index is 14.8. The second kappa shape index (κ2) is 9.76. The van der Waals surface area contributed by atoms with Crippen LogP contribution in [0.4, 0.5) is 26.3 Å². The van der Waals surface area contributed by atoms with Crippen molar-refractivity contribution in [2.24, 2.45) is 52.3 Å². The van der Waals surface area contributed by atoms with Crippen LogP contribution in [0.3, 0.4) is 0 Å². The van der Waals surface area contributed by atoms with Gasteiger partial charge in [0.05, 0.1) is 0 Å². The third-order valence-corrected chi connectivity index (χ3v) is 13.0. The van der Waals surface area contributed by atoms with E-state index in [1.54, 1.807) is 6.92 Å². The summed E-state index contributed by atoms with van der Waals surface area (Å²) in [5, 5.41) is 0. The van der Waals surface area contributed by atoms with Gasteiger partial charge in [-0.25, -0.2) is 0 Å². The molecule has 8 fully saturated rings. The minimum absolute atomic E-state index is 0.0452. The van der Waals surface area contributed by atoms with E-state index in [1.165, 1.54) is 0 Å². The predicted octanol–water partition coefficient (Wildman–Crippen LogP) is 8.56. The molecule has 8 aliphatic rings. The fraction of sp³-hybridized carbons (Fsp3) is 0.938. The molecule has 8 rings (SSSR count). The fourth-order valence-electron chi connectivity index (χ4n) is 10.8. The van der Waals surface area contributed by atoms with Gasteiger partial charge in [-0.2, -0.15) is 26.3 Å². The number of ether oxygens (including phenoxy) is 2. The number of halogens is 6. The van der Waals surface area contributed by atoms with E-state index in [4.69, 9.17) is 9.47 Å². The number of hydrogen-bond donors (Lipinski definition) is 0. The maximum absolute atomic E-state index is 14.8. The van der Waals surface area contributed by atoms with Crippen LogP contribution in [0, 0.1) is 52.3 Å². The quantitative estimate of drug-likeness (QED) is 0.205. The zero-order valence-corrected chi connectivity index (χ0v) is 24.8. The molecule has 0 aromatic heterocycles. The van der Waals surface area contributed by atoms with Crippen LogP contribution in [0.5, 0.6) is 0 Å². The SMILES string of the molecule is CCC(CCC(C)(C(=O)OC12CC3CC(CC(C3)C1)C2)C(F)(F)F)(C(=O)OC1(C)C2CC3CC(C2)CC1C3)C(F)(F)F. The van der Waals surface area contributed by atoms with Crippen molar-refractivity contribution in [2.45, 2.75) is 134 Å². The third kappa shape index (κ3) is 4.69. The highest BCUT2D eigenvalue weighted by Crippen LogP contribution is 2.62. The smallest absolute Gasteiger partial charge is 0.404 e. The van der Waals surface area contributed by atoms with Crippen molar-refractivity contribution in [1.29, 1.82) is 0 Å². The Hall–Kier alpha value is -1.48. The fourth-order valence-corrected chi connectivity index (χ4v) is 10.8. The average molecular weight is 607 g/mol. The van der Waals surface area contributed by atoms with Crippen LogP contribution in [-0.4, -0.2) is 35.5 Å². The normalized spacial score (nSPS) is 43.1. The molecule has 0 aromatic carbocycles. The molecule has 8 saturated carbocycles. The van der Waals surface area contributed by atoms with Gasteiger partial charge < -0.3 is 9.47 Å². The second-order valence-corrected chi connectivity index (χ2v) is 15.6. The van der Waals surface area contributed by atoms with Crippen LogP contribution < -0.4 is 0 Å². The first-order chi connectivity index (χ1) is 19.4. The number of alkyl halides is 6. The van der Waals surface area contributed by atoms with Gasteiger partial charge in [0.25, 0.3) is 0 Å². The molecule has 4 nitrogen and oxygen atoms in total. The van der Waals surface area contributed by atoms with Gasteiger partial charge >= 0.3 is 24.3 Å². The largest absolute Gasteiger partial charge is 0.458 e. The van der Waals surface area contributed by atoms with E-state index in [2.05, 4.69) is 0 Å². The molecule has 238 valence electrons. The summed E-state index contributed by atoms with van der Waals surface area (Å²) in [4.78, 5) is 27.1. The van der Waals surface area contributed by atoms with Gasteiger partial charge in [-0.3, -0.25) is 9.59 Å². The van der Waals surface area contributed by atoms with Crippen LogP contribution in [-0.2, 0) is 19.1 Å². The molecule has 8 bridgehead atoms. The minimum atomic E-state index is -5.16. The van der Waals surface area contributed by atoms with E-state index in [1.807, 2.05) is 0 Å². The van der Waals surface area contributed by atoms with Crippen LogP contribution in [0.25, 0.3) is 0 Å². The zero-order chi connectivity index (χ0) is 30.5. The molecule has 0 aliphatic heterocycles. The minimum Gasteiger partial charge on any atom is -0.458 e. The van der Waals surface area contributed by atoms with Crippen molar-refractivity contribution in [1.82, 2.24) is 0 Å². The molecule has 0 aromatic rings. The summed E-state index contributed by atoms with van der Waals surface area (Å²) in [6, 6.07) is 0. The van der Waals surface area contributed by atoms with Crippen molar-refractivity contribution in [3.63, 3.8) is 0 Å². The van der Waals surface area contributed by atoms with E-state index in [9.17, 15) is 35.9 Å². The Morgan fingerprint density at radius 2 is 1.12 bits per heavy atom. The summed E-state index contributed by atoms with van der Waals surface area (Å²) in [7, 11) is 0. The summed E-state index contributed by atoms with van der Waals surface area (Å²) < 4.78 is 99.9. The first-order valence-electron chi connectivity index (χ1n) is 16.0. The van der Waals surface area contributed by atoms with E-state index in [0.29, 0.717) is 55.8 Å². The van der Waals surface area contributed by atoms with Crippen LogP contribution in [0.2, 0.25) is 0 Å². The van der Waals surface area contributed by atoms with E-state index < -0.39 is 65.6 Å².